The van der Waals surface area contributed by atoms with Crippen molar-refractivity contribution >= 4 is 29.3 Å². The van der Waals surface area contributed by atoms with Gasteiger partial charge < -0.3 is 4.90 Å². The van der Waals surface area contributed by atoms with Crippen molar-refractivity contribution in [3.8, 4) is 0 Å². The Bertz CT molecular complexity index is 539. The third-order valence-electron chi connectivity index (χ3n) is 2.79. The quantitative estimate of drug-likeness (QED) is 0.763. The van der Waals surface area contributed by atoms with Crippen LogP contribution in [0.4, 0.5) is 11.4 Å². The summed E-state index contributed by atoms with van der Waals surface area (Å²) in [6.07, 6.45) is 0.858. The van der Waals surface area contributed by atoms with Crippen LogP contribution in [0.25, 0.3) is 0 Å². The Labute approximate surface area is 112 Å². The molecule has 0 atom stereocenters. The molecule has 0 heterocycles. The first kappa shape index (κ1) is 12.7. The van der Waals surface area contributed by atoms with Crippen LogP contribution in [0, 0.1) is 0 Å². The van der Waals surface area contributed by atoms with E-state index in [2.05, 4.69) is 4.90 Å². The monoisotopic (exact) mass is 259 g/mol. The van der Waals surface area contributed by atoms with Crippen molar-refractivity contribution in [1.82, 2.24) is 0 Å². The molecule has 0 spiro atoms. The standard InChI is InChI=1S/C15H14ClNO/c1-2-17(14-6-4-3-5-7-14)15-10-13(16)9-8-12(15)11-18/h3-11H,2H2,1H3. The van der Waals surface area contributed by atoms with E-state index in [1.54, 1.807) is 12.1 Å². The van der Waals surface area contributed by atoms with Gasteiger partial charge in [-0.1, -0.05) is 29.8 Å². The summed E-state index contributed by atoms with van der Waals surface area (Å²) in [6.45, 7) is 2.81. The molecular weight excluding hydrogens is 246 g/mol. The fourth-order valence-corrected chi connectivity index (χ4v) is 2.12. The van der Waals surface area contributed by atoms with Gasteiger partial charge in [0, 0.05) is 22.8 Å². The Balaban J connectivity index is 2.51. The molecule has 0 saturated heterocycles. The minimum Gasteiger partial charge on any atom is -0.341 e. The number of hydrogen-bond donors (Lipinski definition) is 0. The highest BCUT2D eigenvalue weighted by Crippen LogP contribution is 2.29. The summed E-state index contributed by atoms with van der Waals surface area (Å²) < 4.78 is 0. The fraction of sp³-hybridized carbons (Fsp3) is 0.133. The van der Waals surface area contributed by atoms with Gasteiger partial charge in [0.15, 0.2) is 6.29 Å². The van der Waals surface area contributed by atoms with E-state index in [1.807, 2.05) is 43.3 Å². The van der Waals surface area contributed by atoms with Crippen LogP contribution in [0.15, 0.2) is 48.5 Å². The largest absolute Gasteiger partial charge is 0.341 e. The van der Waals surface area contributed by atoms with E-state index in [1.165, 1.54) is 0 Å². The molecule has 0 bridgehead atoms. The van der Waals surface area contributed by atoms with E-state index in [0.717, 1.165) is 24.2 Å². The van der Waals surface area contributed by atoms with Gasteiger partial charge in [-0.3, -0.25) is 4.79 Å². The van der Waals surface area contributed by atoms with E-state index in [9.17, 15) is 4.79 Å². The SMILES string of the molecule is CCN(c1ccccc1)c1cc(Cl)ccc1C=O. The third-order valence-corrected chi connectivity index (χ3v) is 3.03. The van der Waals surface area contributed by atoms with Crippen LogP contribution in [0.3, 0.4) is 0 Å². The summed E-state index contributed by atoms with van der Waals surface area (Å²) in [7, 11) is 0. The number of benzene rings is 2. The second-order valence-corrected chi connectivity index (χ2v) is 4.34. The number of anilines is 2. The first-order valence-corrected chi connectivity index (χ1v) is 6.21. The second-order valence-electron chi connectivity index (χ2n) is 3.90. The summed E-state index contributed by atoms with van der Waals surface area (Å²) in [5.41, 5.74) is 2.53. The van der Waals surface area contributed by atoms with Crippen molar-refractivity contribution in [2.24, 2.45) is 0 Å². The van der Waals surface area contributed by atoms with Gasteiger partial charge in [-0.25, -0.2) is 0 Å². The van der Waals surface area contributed by atoms with Crippen molar-refractivity contribution in [3.05, 3.63) is 59.1 Å². The minimum atomic E-state index is 0.630. The molecule has 2 aromatic carbocycles. The maximum atomic E-state index is 11.1. The van der Waals surface area contributed by atoms with Crippen molar-refractivity contribution in [3.63, 3.8) is 0 Å². The van der Waals surface area contributed by atoms with Crippen LogP contribution in [-0.4, -0.2) is 12.8 Å². The van der Waals surface area contributed by atoms with Gasteiger partial charge in [0.05, 0.1) is 5.69 Å². The summed E-state index contributed by atoms with van der Waals surface area (Å²) in [5.74, 6) is 0. The molecule has 0 N–H and O–H groups in total. The van der Waals surface area contributed by atoms with Crippen molar-refractivity contribution in [1.29, 1.82) is 0 Å². The summed E-state index contributed by atoms with van der Waals surface area (Å²) in [4.78, 5) is 13.2. The Kier molecular flexibility index (Phi) is 4.00. The van der Waals surface area contributed by atoms with Crippen LogP contribution < -0.4 is 4.90 Å². The zero-order valence-electron chi connectivity index (χ0n) is 10.1. The molecule has 3 heteroatoms. The molecule has 0 radical (unpaired) electrons. The fourth-order valence-electron chi connectivity index (χ4n) is 1.95. The lowest BCUT2D eigenvalue weighted by Gasteiger charge is -2.24. The van der Waals surface area contributed by atoms with Crippen molar-refractivity contribution in [2.75, 3.05) is 11.4 Å². The zero-order chi connectivity index (χ0) is 13.0. The van der Waals surface area contributed by atoms with Gasteiger partial charge in [-0.2, -0.15) is 0 Å². The Morgan fingerprint density at radius 2 is 1.89 bits per heavy atom. The average Bonchev–Trinajstić information content (AvgIpc) is 2.41. The normalized spacial score (nSPS) is 10.1. The maximum absolute atomic E-state index is 11.1. The van der Waals surface area contributed by atoms with Gasteiger partial charge >= 0.3 is 0 Å². The molecule has 2 nitrogen and oxygen atoms in total. The van der Waals surface area contributed by atoms with Crippen LogP contribution >= 0.6 is 11.6 Å². The second kappa shape index (κ2) is 5.69. The maximum Gasteiger partial charge on any atom is 0.152 e. The number of aldehydes is 1. The molecule has 0 amide bonds. The molecular formula is C15H14ClNO. The molecule has 0 aromatic heterocycles. The lowest BCUT2D eigenvalue weighted by atomic mass is 10.1. The molecule has 0 unspecified atom stereocenters. The molecule has 2 aromatic rings. The van der Waals surface area contributed by atoms with E-state index < -0.39 is 0 Å². The van der Waals surface area contributed by atoms with Gasteiger partial charge in [0.25, 0.3) is 0 Å². The number of rotatable bonds is 4. The van der Waals surface area contributed by atoms with Gasteiger partial charge in [-0.15, -0.1) is 0 Å². The van der Waals surface area contributed by atoms with Crippen LogP contribution in [0.1, 0.15) is 17.3 Å². The molecule has 0 aliphatic rings. The Morgan fingerprint density at radius 1 is 1.17 bits per heavy atom. The Morgan fingerprint density at radius 3 is 2.50 bits per heavy atom. The van der Waals surface area contributed by atoms with E-state index in [4.69, 9.17) is 11.6 Å². The van der Waals surface area contributed by atoms with Gasteiger partial charge in [-0.05, 0) is 37.3 Å². The Hall–Kier alpha value is -1.80. The van der Waals surface area contributed by atoms with E-state index in [0.29, 0.717) is 10.6 Å². The minimum absolute atomic E-state index is 0.630. The topological polar surface area (TPSA) is 20.3 Å². The summed E-state index contributed by atoms with van der Waals surface area (Å²) >= 11 is 6.02. The van der Waals surface area contributed by atoms with Crippen molar-refractivity contribution < 1.29 is 4.79 Å². The number of nitrogens with zero attached hydrogens (tertiary/aromatic N) is 1. The number of halogens is 1. The van der Waals surface area contributed by atoms with Gasteiger partial charge in [0.2, 0.25) is 0 Å². The van der Waals surface area contributed by atoms with E-state index >= 15 is 0 Å². The van der Waals surface area contributed by atoms with Crippen LogP contribution in [0.5, 0.6) is 0 Å². The first-order valence-electron chi connectivity index (χ1n) is 5.83. The van der Waals surface area contributed by atoms with E-state index in [-0.39, 0.29) is 0 Å². The average molecular weight is 260 g/mol. The lowest BCUT2D eigenvalue weighted by Crippen LogP contribution is -2.17. The predicted octanol–water partition coefficient (Wildman–Crippen LogP) is 4.31. The van der Waals surface area contributed by atoms with Crippen molar-refractivity contribution in [2.45, 2.75) is 6.92 Å². The zero-order valence-corrected chi connectivity index (χ0v) is 10.9. The molecule has 0 saturated carbocycles. The summed E-state index contributed by atoms with van der Waals surface area (Å²) in [6, 6.07) is 15.2. The number of hydrogen-bond acceptors (Lipinski definition) is 2. The molecule has 0 aliphatic carbocycles. The van der Waals surface area contributed by atoms with Crippen LogP contribution in [-0.2, 0) is 0 Å². The summed E-state index contributed by atoms with van der Waals surface area (Å²) in [5, 5.41) is 0.630. The molecule has 2 rings (SSSR count). The molecule has 0 fully saturated rings. The lowest BCUT2D eigenvalue weighted by molar-refractivity contribution is 0.112. The number of carbonyl (C=O) groups is 1. The molecule has 92 valence electrons. The molecule has 0 aliphatic heterocycles. The highest BCUT2D eigenvalue weighted by molar-refractivity contribution is 6.31. The number of para-hydroxylation sites is 1. The molecule has 18 heavy (non-hydrogen) atoms. The third kappa shape index (κ3) is 2.54. The highest BCUT2D eigenvalue weighted by atomic mass is 35.5. The highest BCUT2D eigenvalue weighted by Gasteiger charge is 2.11. The number of carbonyl (C=O) groups excluding carboxylic acids is 1. The smallest absolute Gasteiger partial charge is 0.152 e. The first-order chi connectivity index (χ1) is 8.76. The predicted molar refractivity (Wildman–Crippen MR) is 76.0 cm³/mol. The van der Waals surface area contributed by atoms with Gasteiger partial charge in [0.1, 0.15) is 0 Å². The van der Waals surface area contributed by atoms with Crippen LogP contribution in [0.2, 0.25) is 5.02 Å².